The van der Waals surface area contributed by atoms with E-state index >= 15 is 0 Å². The summed E-state index contributed by atoms with van der Waals surface area (Å²) in [6, 6.07) is 10.6. The largest absolute Gasteiger partial charge is 0.454 e. The quantitative estimate of drug-likeness (QED) is 0.541. The van der Waals surface area contributed by atoms with Crippen LogP contribution in [0.4, 0.5) is 5.69 Å². The molecule has 1 fully saturated rings. The van der Waals surface area contributed by atoms with E-state index in [1.54, 1.807) is 30.3 Å². The van der Waals surface area contributed by atoms with Crippen LogP contribution < -0.4 is 24.3 Å². The molecule has 2 aromatic carbocycles. The second kappa shape index (κ2) is 8.12. The number of anilines is 1. The van der Waals surface area contributed by atoms with Gasteiger partial charge in [-0.2, -0.15) is 0 Å². The van der Waals surface area contributed by atoms with Gasteiger partial charge in [0.15, 0.2) is 23.0 Å². The van der Waals surface area contributed by atoms with Crippen LogP contribution in [-0.2, 0) is 9.59 Å². The zero-order valence-electron chi connectivity index (χ0n) is 16.1. The van der Waals surface area contributed by atoms with Crippen LogP contribution in [0.3, 0.4) is 0 Å². The minimum Gasteiger partial charge on any atom is -0.454 e. The number of hydrogen-bond acceptors (Lipinski definition) is 8. The van der Waals surface area contributed by atoms with Crippen LogP contribution in [0.25, 0.3) is 6.08 Å². The number of rotatable bonds is 5. The highest BCUT2D eigenvalue weighted by Gasteiger charge is 2.32. The van der Waals surface area contributed by atoms with E-state index in [0.717, 1.165) is 5.56 Å². The van der Waals surface area contributed by atoms with E-state index < -0.39 is 0 Å². The van der Waals surface area contributed by atoms with Crippen molar-refractivity contribution in [2.24, 2.45) is 0 Å². The average Bonchev–Trinajstić information content (AvgIpc) is 3.46. The smallest absolute Gasteiger partial charge is 0.266 e. The third-order valence-electron chi connectivity index (χ3n) is 4.79. The normalized spacial score (nSPS) is 17.5. The maximum atomic E-state index is 12.8. The number of fused-ring (bicyclic) bond motifs is 2. The van der Waals surface area contributed by atoms with E-state index in [1.807, 2.05) is 12.1 Å². The van der Waals surface area contributed by atoms with Gasteiger partial charge in [0.1, 0.15) is 4.32 Å². The first-order valence-corrected chi connectivity index (χ1v) is 10.6. The molecule has 1 saturated heterocycles. The highest BCUT2D eigenvalue weighted by Crippen LogP contribution is 2.37. The van der Waals surface area contributed by atoms with Crippen molar-refractivity contribution in [1.29, 1.82) is 0 Å². The summed E-state index contributed by atoms with van der Waals surface area (Å²) in [5.41, 5.74) is 1.41. The third kappa shape index (κ3) is 4.04. The van der Waals surface area contributed by atoms with Gasteiger partial charge in [0.2, 0.25) is 19.5 Å². The van der Waals surface area contributed by atoms with Gasteiger partial charge in [-0.15, -0.1) is 0 Å². The molecule has 0 atom stereocenters. The second-order valence-electron chi connectivity index (χ2n) is 6.81. The van der Waals surface area contributed by atoms with Gasteiger partial charge in [-0.25, -0.2) is 0 Å². The number of ether oxygens (including phenoxy) is 4. The summed E-state index contributed by atoms with van der Waals surface area (Å²) in [5, 5.41) is 2.80. The van der Waals surface area contributed by atoms with Crippen molar-refractivity contribution >= 4 is 51.9 Å². The van der Waals surface area contributed by atoms with Crippen molar-refractivity contribution in [2.75, 3.05) is 25.4 Å². The summed E-state index contributed by atoms with van der Waals surface area (Å²) in [6.07, 6.45) is 1.87. The molecule has 3 aliphatic heterocycles. The summed E-state index contributed by atoms with van der Waals surface area (Å²) in [5.74, 6) is 2.10. The first-order valence-electron chi connectivity index (χ1n) is 9.41. The molecule has 0 saturated carbocycles. The second-order valence-corrected chi connectivity index (χ2v) is 8.49. The zero-order chi connectivity index (χ0) is 21.4. The standard InChI is InChI=1S/C21H16N2O6S2/c24-19(22-13-2-4-15-17(9-13)29-11-27-15)5-6-23-20(25)18(31-21(23)30)8-12-1-3-14-16(7-12)28-10-26-14/h1-4,7-9H,5-6,10-11H2,(H,22,24)/b18-8+. The number of nitrogens with one attached hydrogen (secondary N) is 1. The van der Waals surface area contributed by atoms with E-state index in [-0.39, 0.29) is 38.4 Å². The Hall–Kier alpha value is -3.24. The molecular formula is C21H16N2O6S2. The fraction of sp³-hybridized carbons (Fsp3) is 0.190. The number of thioether (sulfide) groups is 1. The maximum Gasteiger partial charge on any atom is 0.266 e. The molecule has 0 aliphatic carbocycles. The van der Waals surface area contributed by atoms with Crippen molar-refractivity contribution in [3.8, 4) is 23.0 Å². The zero-order valence-corrected chi connectivity index (χ0v) is 17.7. The van der Waals surface area contributed by atoms with E-state index in [2.05, 4.69) is 5.32 Å². The van der Waals surface area contributed by atoms with Crippen LogP contribution in [0.2, 0.25) is 0 Å². The van der Waals surface area contributed by atoms with E-state index in [0.29, 0.717) is 37.9 Å². The van der Waals surface area contributed by atoms with Crippen molar-refractivity contribution in [1.82, 2.24) is 4.90 Å². The number of carbonyl (C=O) groups is 2. The van der Waals surface area contributed by atoms with Crippen molar-refractivity contribution < 1.29 is 28.5 Å². The van der Waals surface area contributed by atoms with Gasteiger partial charge in [0.25, 0.3) is 5.91 Å². The van der Waals surface area contributed by atoms with Crippen LogP contribution in [0, 0.1) is 0 Å². The number of nitrogens with zero attached hydrogens (tertiary/aromatic N) is 1. The highest BCUT2D eigenvalue weighted by atomic mass is 32.2. The molecule has 0 spiro atoms. The fourth-order valence-corrected chi connectivity index (χ4v) is 4.57. The average molecular weight is 457 g/mol. The summed E-state index contributed by atoms with van der Waals surface area (Å²) in [7, 11) is 0. The molecule has 1 N–H and O–H groups in total. The van der Waals surface area contributed by atoms with Crippen molar-refractivity contribution in [2.45, 2.75) is 6.42 Å². The minimum absolute atomic E-state index is 0.109. The van der Waals surface area contributed by atoms with Crippen molar-refractivity contribution in [3.63, 3.8) is 0 Å². The highest BCUT2D eigenvalue weighted by molar-refractivity contribution is 8.26. The monoisotopic (exact) mass is 456 g/mol. The molecule has 2 aromatic rings. The number of hydrogen-bond donors (Lipinski definition) is 1. The van der Waals surface area contributed by atoms with Gasteiger partial charge >= 0.3 is 0 Å². The summed E-state index contributed by atoms with van der Waals surface area (Å²) >= 11 is 6.56. The lowest BCUT2D eigenvalue weighted by Gasteiger charge is -2.14. The topological polar surface area (TPSA) is 86.3 Å². The Morgan fingerprint density at radius 1 is 1.03 bits per heavy atom. The Morgan fingerprint density at radius 3 is 2.48 bits per heavy atom. The first kappa shape index (κ1) is 19.7. The number of benzene rings is 2. The van der Waals surface area contributed by atoms with Gasteiger partial charge in [-0.1, -0.05) is 30.0 Å². The molecule has 0 radical (unpaired) electrons. The van der Waals surface area contributed by atoms with Crippen LogP contribution in [0.15, 0.2) is 41.3 Å². The Kier molecular flexibility index (Phi) is 5.16. The number of thiocarbonyl (C=S) groups is 1. The van der Waals surface area contributed by atoms with Gasteiger partial charge in [-0.3, -0.25) is 14.5 Å². The molecule has 3 heterocycles. The van der Waals surface area contributed by atoms with Gasteiger partial charge in [-0.05, 0) is 35.9 Å². The Labute approximate surface area is 187 Å². The lowest BCUT2D eigenvalue weighted by molar-refractivity contribution is -0.122. The van der Waals surface area contributed by atoms with Gasteiger partial charge in [0, 0.05) is 24.7 Å². The SMILES string of the molecule is O=C(CCN1C(=O)/C(=C\c2ccc3c(c2)OCO3)SC1=S)Nc1ccc2c(c1)OCO2. The Morgan fingerprint density at radius 2 is 1.71 bits per heavy atom. The van der Waals surface area contributed by atoms with E-state index in [4.69, 9.17) is 31.2 Å². The Bertz CT molecular complexity index is 1130. The van der Waals surface area contributed by atoms with Crippen LogP contribution >= 0.6 is 24.0 Å². The van der Waals surface area contributed by atoms with E-state index in [9.17, 15) is 9.59 Å². The maximum absolute atomic E-state index is 12.8. The summed E-state index contributed by atoms with van der Waals surface area (Å²) in [6.45, 7) is 0.551. The fourth-order valence-electron chi connectivity index (χ4n) is 3.26. The van der Waals surface area contributed by atoms with Gasteiger partial charge in [0.05, 0.1) is 4.91 Å². The molecule has 0 unspecified atom stereocenters. The Balaban J connectivity index is 1.20. The predicted octanol–water partition coefficient (Wildman–Crippen LogP) is 3.37. The number of amides is 2. The summed E-state index contributed by atoms with van der Waals surface area (Å²) < 4.78 is 21.7. The molecule has 8 nitrogen and oxygen atoms in total. The van der Waals surface area contributed by atoms with Gasteiger partial charge < -0.3 is 24.3 Å². The molecular weight excluding hydrogens is 440 g/mol. The lowest BCUT2D eigenvalue weighted by Crippen LogP contribution is -2.31. The molecule has 31 heavy (non-hydrogen) atoms. The minimum atomic E-state index is -0.229. The lowest BCUT2D eigenvalue weighted by atomic mass is 10.2. The molecule has 10 heteroatoms. The summed E-state index contributed by atoms with van der Waals surface area (Å²) in [4.78, 5) is 27.1. The molecule has 5 rings (SSSR count). The van der Waals surface area contributed by atoms with Crippen molar-refractivity contribution in [3.05, 3.63) is 46.9 Å². The van der Waals surface area contributed by atoms with Crippen LogP contribution in [0.5, 0.6) is 23.0 Å². The number of carbonyl (C=O) groups excluding carboxylic acids is 2. The molecule has 3 aliphatic rings. The van der Waals surface area contributed by atoms with Crippen LogP contribution in [-0.4, -0.2) is 41.2 Å². The molecule has 158 valence electrons. The van der Waals surface area contributed by atoms with Crippen LogP contribution in [0.1, 0.15) is 12.0 Å². The molecule has 0 bridgehead atoms. The molecule has 0 aromatic heterocycles. The predicted molar refractivity (Wildman–Crippen MR) is 118 cm³/mol. The molecule has 2 amide bonds. The van der Waals surface area contributed by atoms with E-state index in [1.165, 1.54) is 16.7 Å². The third-order valence-corrected chi connectivity index (χ3v) is 6.16. The first-order chi connectivity index (χ1) is 15.1.